The molecule has 0 bridgehead atoms. The predicted molar refractivity (Wildman–Crippen MR) is 140 cm³/mol. The maximum absolute atomic E-state index is 10.2. The Morgan fingerprint density at radius 2 is 1.83 bits per heavy atom. The van der Waals surface area contributed by atoms with Gasteiger partial charge < -0.3 is 15.3 Å². The van der Waals surface area contributed by atoms with Crippen LogP contribution >= 0.6 is 0 Å². The lowest BCUT2D eigenvalue weighted by Gasteiger charge is -2.57. The molecule has 188 valence electrons. The second-order valence-electron chi connectivity index (χ2n) is 12.2. The summed E-state index contributed by atoms with van der Waals surface area (Å²) in [6.07, 6.45) is 9.98. The van der Waals surface area contributed by atoms with Crippen molar-refractivity contribution >= 4 is 11.5 Å². The molecule has 1 aromatic carbocycles. The molecule has 3 aromatic rings. The van der Waals surface area contributed by atoms with Crippen molar-refractivity contribution in [3.8, 4) is 11.3 Å². The van der Waals surface area contributed by atoms with Crippen LogP contribution in [0.2, 0.25) is 0 Å². The van der Waals surface area contributed by atoms with Gasteiger partial charge in [0.15, 0.2) is 0 Å². The standard InChI is InChI=1S/C29H36N6O/c1-28-14-12-24(36)32-23(28)10-9-19-21(28)11-13-29(2)22(19)15-20-25(17-5-7-18(8-6-17)34(3)4)35-27(30-16-31-35)33-26(20)29/h5-8,10,16,19,21-22,24,32,36H,9,11-15H2,1-4H3/t19-,21+,22+,24+,28-,29+/m1/s1. The van der Waals surface area contributed by atoms with E-state index in [-0.39, 0.29) is 10.8 Å². The van der Waals surface area contributed by atoms with Gasteiger partial charge in [0.1, 0.15) is 12.6 Å². The van der Waals surface area contributed by atoms with E-state index < -0.39 is 6.23 Å². The van der Waals surface area contributed by atoms with Crippen LogP contribution in [-0.2, 0) is 11.8 Å². The molecule has 7 heteroatoms. The number of benzene rings is 1. The molecule has 2 fully saturated rings. The second-order valence-corrected chi connectivity index (χ2v) is 12.2. The van der Waals surface area contributed by atoms with Gasteiger partial charge in [0, 0.05) is 47.4 Å². The van der Waals surface area contributed by atoms with E-state index in [0.717, 1.165) is 37.8 Å². The molecule has 1 saturated heterocycles. The molecular formula is C29H36N6O. The maximum atomic E-state index is 10.2. The summed E-state index contributed by atoms with van der Waals surface area (Å²) in [6.45, 7) is 4.90. The fourth-order valence-electron chi connectivity index (χ4n) is 8.29. The summed E-state index contributed by atoms with van der Waals surface area (Å²) in [5.74, 6) is 2.50. The van der Waals surface area contributed by atoms with Crippen molar-refractivity contribution in [1.29, 1.82) is 0 Å². The minimum Gasteiger partial charge on any atom is -0.378 e. The third kappa shape index (κ3) is 2.92. The number of fused-ring (bicyclic) bond motifs is 8. The van der Waals surface area contributed by atoms with Crippen LogP contribution < -0.4 is 10.2 Å². The molecule has 3 heterocycles. The van der Waals surface area contributed by atoms with Gasteiger partial charge in [-0.1, -0.05) is 32.1 Å². The van der Waals surface area contributed by atoms with E-state index in [0.29, 0.717) is 23.5 Å². The first-order chi connectivity index (χ1) is 17.3. The lowest BCUT2D eigenvalue weighted by Crippen LogP contribution is -2.54. The van der Waals surface area contributed by atoms with Gasteiger partial charge in [-0.3, -0.25) is 0 Å². The monoisotopic (exact) mass is 484 g/mol. The predicted octanol–water partition coefficient (Wildman–Crippen LogP) is 4.31. The molecule has 0 spiro atoms. The minimum absolute atomic E-state index is 0.0475. The molecule has 2 aromatic heterocycles. The van der Waals surface area contributed by atoms with Crippen molar-refractivity contribution in [2.45, 2.75) is 64.0 Å². The number of anilines is 1. The van der Waals surface area contributed by atoms with E-state index in [2.05, 4.69) is 78.6 Å². The number of nitrogens with one attached hydrogen (secondary N) is 1. The maximum Gasteiger partial charge on any atom is 0.252 e. The number of hydrogen-bond donors (Lipinski definition) is 2. The number of rotatable bonds is 2. The quantitative estimate of drug-likeness (QED) is 0.564. The summed E-state index contributed by atoms with van der Waals surface area (Å²) in [5.41, 5.74) is 7.59. The van der Waals surface area contributed by atoms with Crippen molar-refractivity contribution in [3.63, 3.8) is 0 Å². The van der Waals surface area contributed by atoms with Gasteiger partial charge in [-0.25, -0.2) is 4.98 Å². The van der Waals surface area contributed by atoms with E-state index in [9.17, 15) is 5.11 Å². The average molecular weight is 485 g/mol. The molecule has 0 unspecified atom stereocenters. The first-order valence-corrected chi connectivity index (χ1v) is 13.5. The van der Waals surface area contributed by atoms with Crippen molar-refractivity contribution < 1.29 is 5.11 Å². The fourth-order valence-corrected chi connectivity index (χ4v) is 8.29. The lowest BCUT2D eigenvalue weighted by atomic mass is 9.50. The number of aliphatic hydroxyl groups excluding tert-OH is 1. The van der Waals surface area contributed by atoms with Crippen molar-refractivity contribution in [2.24, 2.45) is 23.2 Å². The Balaban J connectivity index is 1.34. The fraction of sp³-hybridized carbons (Fsp3) is 0.552. The highest BCUT2D eigenvalue weighted by atomic mass is 16.3. The van der Waals surface area contributed by atoms with Crippen molar-refractivity contribution in [1.82, 2.24) is 24.9 Å². The van der Waals surface area contributed by atoms with Gasteiger partial charge in [-0.15, -0.1) is 0 Å². The molecule has 7 rings (SSSR count). The number of allylic oxidation sites excluding steroid dienone is 2. The number of aromatic nitrogens is 4. The summed E-state index contributed by atoms with van der Waals surface area (Å²) >= 11 is 0. The Labute approximate surface area is 212 Å². The Hall–Kier alpha value is -2.93. The van der Waals surface area contributed by atoms with E-state index >= 15 is 0 Å². The molecule has 0 radical (unpaired) electrons. The van der Waals surface area contributed by atoms with Gasteiger partial charge in [-0.2, -0.15) is 14.6 Å². The molecule has 4 aliphatic rings. The first kappa shape index (κ1) is 22.3. The van der Waals surface area contributed by atoms with Crippen LogP contribution in [0, 0.1) is 23.2 Å². The summed E-state index contributed by atoms with van der Waals surface area (Å²) < 4.78 is 1.95. The third-order valence-corrected chi connectivity index (χ3v) is 10.3. The molecule has 6 atom stereocenters. The van der Waals surface area contributed by atoms with Gasteiger partial charge in [0.05, 0.1) is 11.4 Å². The Morgan fingerprint density at radius 1 is 1.06 bits per heavy atom. The van der Waals surface area contributed by atoms with Gasteiger partial charge in [0.2, 0.25) is 0 Å². The van der Waals surface area contributed by atoms with E-state index in [4.69, 9.17) is 4.98 Å². The van der Waals surface area contributed by atoms with Crippen molar-refractivity contribution in [2.75, 3.05) is 19.0 Å². The summed E-state index contributed by atoms with van der Waals surface area (Å²) in [7, 11) is 4.15. The van der Waals surface area contributed by atoms with Gasteiger partial charge in [-0.05, 0) is 68.4 Å². The molecule has 7 nitrogen and oxygen atoms in total. The smallest absolute Gasteiger partial charge is 0.252 e. The van der Waals surface area contributed by atoms with E-state index in [1.165, 1.54) is 34.6 Å². The SMILES string of the molecule is CN(C)c1ccc(-c2c3c(nc4ncnn24)[C@@]2(C)CC[C@H]4[C@@H](CC=C5N[C@@H](O)CC[C@@]54C)[C@@H]2C3)cc1. The first-order valence-electron chi connectivity index (χ1n) is 13.5. The normalized spacial score (nSPS) is 34.8. The average Bonchev–Trinajstić information content (AvgIpc) is 3.45. The van der Waals surface area contributed by atoms with Crippen LogP contribution in [0.25, 0.3) is 17.0 Å². The summed E-state index contributed by atoms with van der Waals surface area (Å²) in [4.78, 5) is 11.8. The summed E-state index contributed by atoms with van der Waals surface area (Å²) in [6, 6.07) is 8.80. The van der Waals surface area contributed by atoms with Crippen molar-refractivity contribution in [3.05, 3.63) is 53.6 Å². The Kier molecular flexibility index (Phi) is 4.67. The lowest BCUT2D eigenvalue weighted by molar-refractivity contribution is -0.0255. The molecule has 0 amide bonds. The number of aliphatic hydroxyl groups is 1. The summed E-state index contributed by atoms with van der Waals surface area (Å²) in [5, 5.41) is 18.3. The molecular weight excluding hydrogens is 448 g/mol. The van der Waals surface area contributed by atoms with Gasteiger partial charge >= 0.3 is 0 Å². The number of hydrogen-bond acceptors (Lipinski definition) is 6. The number of nitrogens with zero attached hydrogens (tertiary/aromatic N) is 5. The topological polar surface area (TPSA) is 78.6 Å². The second kappa shape index (κ2) is 7.54. The largest absolute Gasteiger partial charge is 0.378 e. The highest BCUT2D eigenvalue weighted by Crippen LogP contribution is 2.63. The highest BCUT2D eigenvalue weighted by molar-refractivity contribution is 5.70. The molecule has 2 N–H and O–H groups in total. The van der Waals surface area contributed by atoms with Crippen LogP contribution in [0.3, 0.4) is 0 Å². The zero-order valence-electron chi connectivity index (χ0n) is 21.7. The van der Waals surface area contributed by atoms with Crippen LogP contribution in [0.5, 0.6) is 0 Å². The molecule has 3 aliphatic carbocycles. The zero-order valence-corrected chi connectivity index (χ0v) is 21.7. The Morgan fingerprint density at radius 3 is 2.61 bits per heavy atom. The van der Waals surface area contributed by atoms with Crippen LogP contribution in [0.1, 0.15) is 57.2 Å². The van der Waals surface area contributed by atoms with Crippen LogP contribution in [0.15, 0.2) is 42.4 Å². The molecule has 1 aliphatic heterocycles. The van der Waals surface area contributed by atoms with E-state index in [1.54, 1.807) is 6.33 Å². The minimum atomic E-state index is -0.403. The molecule has 1 saturated carbocycles. The van der Waals surface area contributed by atoms with Gasteiger partial charge in [0.25, 0.3) is 5.78 Å². The zero-order chi connectivity index (χ0) is 24.8. The molecule has 36 heavy (non-hydrogen) atoms. The number of piperidine rings is 1. The highest BCUT2D eigenvalue weighted by Gasteiger charge is 2.58. The van der Waals surface area contributed by atoms with Crippen LogP contribution in [-0.4, -0.2) is 45.0 Å². The van der Waals surface area contributed by atoms with Crippen LogP contribution in [0.4, 0.5) is 5.69 Å². The third-order valence-electron chi connectivity index (χ3n) is 10.3. The van der Waals surface area contributed by atoms with E-state index in [1.807, 2.05) is 4.52 Å². The Bertz CT molecular complexity index is 1380.